The van der Waals surface area contributed by atoms with Crippen LogP contribution in [0.4, 0.5) is 0 Å². The first-order valence-electron chi connectivity index (χ1n) is 8.47. The lowest BCUT2D eigenvalue weighted by molar-refractivity contribution is 0.626. The first kappa shape index (κ1) is 18.5. The molecule has 0 saturated heterocycles. The van der Waals surface area contributed by atoms with Gasteiger partial charge in [-0.25, -0.2) is 0 Å². The van der Waals surface area contributed by atoms with Gasteiger partial charge in [0.1, 0.15) is 0 Å². The van der Waals surface area contributed by atoms with E-state index in [9.17, 15) is 0 Å². The zero-order chi connectivity index (χ0) is 17.8. The quantitative estimate of drug-likeness (QED) is 0.431. The summed E-state index contributed by atoms with van der Waals surface area (Å²) in [7, 11) is 0. The van der Waals surface area contributed by atoms with Crippen molar-refractivity contribution in [2.24, 2.45) is 0 Å². The molecule has 3 rings (SSSR count). The van der Waals surface area contributed by atoms with E-state index in [2.05, 4.69) is 59.1 Å². The second-order valence-corrected chi connectivity index (χ2v) is 8.59. The summed E-state index contributed by atoms with van der Waals surface area (Å²) in [5.74, 6) is 2.38. The fourth-order valence-electron chi connectivity index (χ4n) is 2.54. The summed E-state index contributed by atoms with van der Waals surface area (Å²) in [6.45, 7) is 7.56. The highest BCUT2D eigenvalue weighted by Gasteiger charge is 2.16. The highest BCUT2D eigenvalue weighted by molar-refractivity contribution is 7.98. The number of nitrogens with zero attached hydrogens (tertiary/aromatic N) is 3. The molecule has 6 heteroatoms. The van der Waals surface area contributed by atoms with Gasteiger partial charge in [-0.2, -0.15) is 0 Å². The Morgan fingerprint density at radius 1 is 1.20 bits per heavy atom. The Morgan fingerprint density at radius 3 is 2.60 bits per heavy atom. The maximum atomic E-state index is 5.96. The van der Waals surface area contributed by atoms with Crippen molar-refractivity contribution in [3.05, 3.63) is 51.2 Å². The highest BCUT2D eigenvalue weighted by Crippen LogP contribution is 2.32. The van der Waals surface area contributed by atoms with E-state index in [1.165, 1.54) is 16.0 Å². The Morgan fingerprint density at radius 2 is 1.96 bits per heavy atom. The molecule has 3 nitrogen and oxygen atoms in total. The lowest BCUT2D eigenvalue weighted by Crippen LogP contribution is -2.01. The molecule has 0 unspecified atom stereocenters. The first-order valence-corrected chi connectivity index (χ1v) is 10.7. The predicted molar refractivity (Wildman–Crippen MR) is 109 cm³/mol. The van der Waals surface area contributed by atoms with Crippen LogP contribution in [-0.4, -0.2) is 14.8 Å². The molecular formula is C19H22ClN3S2. The van der Waals surface area contributed by atoms with Crippen molar-refractivity contribution in [2.75, 3.05) is 0 Å². The molecular weight excluding hydrogens is 370 g/mol. The van der Waals surface area contributed by atoms with E-state index < -0.39 is 0 Å². The number of rotatable bonds is 7. The Kier molecular flexibility index (Phi) is 6.20. The van der Waals surface area contributed by atoms with E-state index in [0.29, 0.717) is 5.92 Å². The highest BCUT2D eigenvalue weighted by atomic mass is 35.5. The van der Waals surface area contributed by atoms with Crippen LogP contribution in [0.2, 0.25) is 5.02 Å². The summed E-state index contributed by atoms with van der Waals surface area (Å²) in [5.41, 5.74) is 2.41. The van der Waals surface area contributed by atoms with Crippen molar-refractivity contribution in [2.45, 2.75) is 50.6 Å². The van der Waals surface area contributed by atoms with E-state index in [0.717, 1.165) is 34.7 Å². The molecule has 2 aromatic heterocycles. The average Bonchev–Trinajstić information content (AvgIpc) is 3.22. The van der Waals surface area contributed by atoms with Gasteiger partial charge in [0.25, 0.3) is 0 Å². The third kappa shape index (κ3) is 4.46. The Balaban J connectivity index is 1.82. The van der Waals surface area contributed by atoms with Crippen LogP contribution in [0.15, 0.2) is 40.9 Å². The monoisotopic (exact) mass is 391 g/mol. The Bertz CT molecular complexity index is 822. The standard InChI is InChI=1S/C19H22ClN3S2/c1-4-9-23-18(15-10-17(13(2)3)24-12-15)21-22-19(23)25-11-14-5-7-16(20)8-6-14/h5-8,10,12-13H,4,9,11H2,1-3H3. The number of benzene rings is 1. The van der Waals surface area contributed by atoms with Crippen LogP contribution in [0.25, 0.3) is 11.4 Å². The van der Waals surface area contributed by atoms with Crippen molar-refractivity contribution in [3.63, 3.8) is 0 Å². The largest absolute Gasteiger partial charge is 0.302 e. The van der Waals surface area contributed by atoms with E-state index in [-0.39, 0.29) is 0 Å². The van der Waals surface area contributed by atoms with Gasteiger partial charge in [0.05, 0.1) is 0 Å². The minimum absolute atomic E-state index is 0.542. The van der Waals surface area contributed by atoms with Gasteiger partial charge in [0, 0.05) is 33.1 Å². The number of aromatic nitrogens is 3. The van der Waals surface area contributed by atoms with Crippen LogP contribution in [-0.2, 0) is 12.3 Å². The number of halogens is 1. The smallest absolute Gasteiger partial charge is 0.191 e. The average molecular weight is 392 g/mol. The Hall–Kier alpha value is -1.30. The summed E-state index contributed by atoms with van der Waals surface area (Å²) in [6.07, 6.45) is 1.06. The summed E-state index contributed by atoms with van der Waals surface area (Å²) >= 11 is 9.48. The third-order valence-corrected chi connectivity index (χ3v) is 6.42. The van der Waals surface area contributed by atoms with Crippen LogP contribution in [0.5, 0.6) is 0 Å². The van der Waals surface area contributed by atoms with Gasteiger partial charge < -0.3 is 4.57 Å². The number of hydrogen-bond donors (Lipinski definition) is 0. The predicted octanol–water partition coefficient (Wildman–Crippen LogP) is 6.49. The van der Waals surface area contributed by atoms with Gasteiger partial charge in [-0.1, -0.05) is 56.3 Å². The van der Waals surface area contributed by atoms with E-state index in [1.54, 1.807) is 23.1 Å². The molecule has 0 spiro atoms. The third-order valence-electron chi connectivity index (χ3n) is 3.89. The van der Waals surface area contributed by atoms with E-state index in [4.69, 9.17) is 11.6 Å². The van der Waals surface area contributed by atoms with Gasteiger partial charge in [-0.15, -0.1) is 21.5 Å². The van der Waals surface area contributed by atoms with Gasteiger partial charge in [0.2, 0.25) is 0 Å². The molecule has 132 valence electrons. The topological polar surface area (TPSA) is 30.7 Å². The van der Waals surface area contributed by atoms with Crippen LogP contribution in [0, 0.1) is 0 Å². The van der Waals surface area contributed by atoms with Crippen molar-refractivity contribution < 1.29 is 0 Å². The maximum absolute atomic E-state index is 5.96. The summed E-state index contributed by atoms with van der Waals surface area (Å²) in [4.78, 5) is 1.39. The van der Waals surface area contributed by atoms with Crippen LogP contribution < -0.4 is 0 Å². The molecule has 0 atom stereocenters. The SMILES string of the molecule is CCCn1c(SCc2ccc(Cl)cc2)nnc1-c1csc(C(C)C)c1. The summed E-state index contributed by atoms with van der Waals surface area (Å²) in [6, 6.07) is 10.2. The number of thioether (sulfide) groups is 1. The zero-order valence-electron chi connectivity index (χ0n) is 14.7. The lowest BCUT2D eigenvalue weighted by atomic mass is 10.1. The van der Waals surface area contributed by atoms with Crippen molar-refractivity contribution in [1.82, 2.24) is 14.8 Å². The Labute approximate surface area is 162 Å². The molecule has 0 aliphatic heterocycles. The van der Waals surface area contributed by atoms with Gasteiger partial charge in [0.15, 0.2) is 11.0 Å². The molecule has 0 aliphatic carbocycles. The molecule has 25 heavy (non-hydrogen) atoms. The van der Waals surface area contributed by atoms with Gasteiger partial charge >= 0.3 is 0 Å². The van der Waals surface area contributed by atoms with Crippen molar-refractivity contribution >= 4 is 34.7 Å². The molecule has 0 N–H and O–H groups in total. The lowest BCUT2D eigenvalue weighted by Gasteiger charge is -2.08. The van der Waals surface area contributed by atoms with Crippen molar-refractivity contribution in [1.29, 1.82) is 0 Å². The number of hydrogen-bond acceptors (Lipinski definition) is 4. The van der Waals surface area contributed by atoms with Crippen LogP contribution in [0.1, 0.15) is 43.6 Å². The minimum atomic E-state index is 0.542. The molecule has 2 heterocycles. The summed E-state index contributed by atoms with van der Waals surface area (Å²) in [5, 5.41) is 12.9. The second-order valence-electron chi connectivity index (χ2n) is 6.27. The van der Waals surface area contributed by atoms with E-state index >= 15 is 0 Å². The first-order chi connectivity index (χ1) is 12.1. The van der Waals surface area contributed by atoms with E-state index in [1.807, 2.05) is 12.1 Å². The molecule has 0 amide bonds. The molecule has 1 aromatic carbocycles. The van der Waals surface area contributed by atoms with Gasteiger partial charge in [-0.05, 0) is 36.1 Å². The molecule has 0 fully saturated rings. The van der Waals surface area contributed by atoms with Crippen LogP contribution in [0.3, 0.4) is 0 Å². The second kappa shape index (κ2) is 8.39. The summed E-state index contributed by atoms with van der Waals surface area (Å²) < 4.78 is 2.24. The molecule has 0 aliphatic rings. The fourth-order valence-corrected chi connectivity index (χ4v) is 4.49. The molecule has 3 aromatic rings. The maximum Gasteiger partial charge on any atom is 0.191 e. The fraction of sp³-hybridized carbons (Fsp3) is 0.368. The molecule has 0 saturated carbocycles. The molecule has 0 bridgehead atoms. The zero-order valence-corrected chi connectivity index (χ0v) is 17.1. The normalized spacial score (nSPS) is 11.4. The van der Waals surface area contributed by atoms with Gasteiger partial charge in [-0.3, -0.25) is 0 Å². The van der Waals surface area contributed by atoms with Crippen molar-refractivity contribution in [3.8, 4) is 11.4 Å². The molecule has 0 radical (unpaired) electrons. The van der Waals surface area contributed by atoms with Crippen LogP contribution >= 0.6 is 34.7 Å². The minimum Gasteiger partial charge on any atom is -0.302 e. The number of thiophene rings is 1.